The Morgan fingerprint density at radius 3 is 2.81 bits per heavy atom. The van der Waals surface area contributed by atoms with Gasteiger partial charge in [0.15, 0.2) is 0 Å². The molecular weight excluding hydrogens is 334 g/mol. The summed E-state index contributed by atoms with van der Waals surface area (Å²) >= 11 is 0. The van der Waals surface area contributed by atoms with Crippen LogP contribution >= 0.6 is 0 Å². The smallest absolute Gasteiger partial charge is 0.223 e. The Bertz CT molecular complexity index is 877. The fourth-order valence-corrected chi connectivity index (χ4v) is 5.85. The predicted molar refractivity (Wildman–Crippen MR) is 109 cm³/mol. The van der Waals surface area contributed by atoms with Gasteiger partial charge in [-0.25, -0.2) is 0 Å². The van der Waals surface area contributed by atoms with Crippen LogP contribution < -0.4 is 5.32 Å². The van der Waals surface area contributed by atoms with Crippen molar-refractivity contribution in [1.29, 1.82) is 0 Å². The zero-order valence-corrected chi connectivity index (χ0v) is 16.6. The molecule has 5 rings (SSSR count). The number of hydrogen-bond acceptors (Lipinski definition) is 2. The second-order valence-corrected chi connectivity index (χ2v) is 8.92. The summed E-state index contributed by atoms with van der Waals surface area (Å²) in [6.07, 6.45) is 8.30. The number of fused-ring (bicyclic) bond motifs is 6. The topological polar surface area (TPSA) is 37.3 Å². The molecule has 144 valence electrons. The van der Waals surface area contributed by atoms with Crippen molar-refractivity contribution in [1.82, 2.24) is 14.8 Å². The van der Waals surface area contributed by atoms with E-state index in [2.05, 4.69) is 47.0 Å². The van der Waals surface area contributed by atoms with E-state index in [9.17, 15) is 4.79 Å². The highest BCUT2D eigenvalue weighted by atomic mass is 16.1. The van der Waals surface area contributed by atoms with E-state index in [4.69, 9.17) is 0 Å². The van der Waals surface area contributed by atoms with Crippen LogP contribution in [0, 0.1) is 12.8 Å². The van der Waals surface area contributed by atoms with Gasteiger partial charge >= 0.3 is 0 Å². The van der Waals surface area contributed by atoms with Crippen LogP contribution in [0.5, 0.6) is 0 Å². The van der Waals surface area contributed by atoms with Crippen LogP contribution in [0.2, 0.25) is 0 Å². The molecule has 2 aliphatic heterocycles. The second-order valence-electron chi connectivity index (χ2n) is 8.92. The van der Waals surface area contributed by atoms with Gasteiger partial charge in [-0.3, -0.25) is 9.69 Å². The molecule has 1 aromatic carbocycles. The Balaban J connectivity index is 1.44. The highest BCUT2D eigenvalue weighted by Crippen LogP contribution is 2.46. The van der Waals surface area contributed by atoms with E-state index in [-0.39, 0.29) is 11.8 Å². The number of hydrogen-bond donors (Lipinski definition) is 1. The normalized spacial score (nSPS) is 25.3. The third kappa shape index (κ3) is 2.80. The maximum absolute atomic E-state index is 12.4. The van der Waals surface area contributed by atoms with Gasteiger partial charge in [-0.05, 0) is 57.4 Å². The summed E-state index contributed by atoms with van der Waals surface area (Å²) < 4.78 is 2.51. The molecule has 27 heavy (non-hydrogen) atoms. The number of rotatable bonds is 4. The Morgan fingerprint density at radius 1 is 1.19 bits per heavy atom. The van der Waals surface area contributed by atoms with E-state index < -0.39 is 0 Å². The second kappa shape index (κ2) is 6.66. The lowest BCUT2D eigenvalue weighted by atomic mass is 9.97. The number of nitrogens with one attached hydrogen (secondary N) is 1. The van der Waals surface area contributed by atoms with Crippen molar-refractivity contribution >= 4 is 16.8 Å². The third-order valence-electron chi connectivity index (χ3n) is 7.33. The first-order valence-corrected chi connectivity index (χ1v) is 10.7. The monoisotopic (exact) mass is 365 g/mol. The summed E-state index contributed by atoms with van der Waals surface area (Å²) in [7, 11) is 2.30. The number of likely N-dealkylation sites (N-methyl/N-ethyl adjacent to an activating group) is 1. The average molecular weight is 366 g/mol. The van der Waals surface area contributed by atoms with Crippen LogP contribution in [-0.4, -0.2) is 35.0 Å². The van der Waals surface area contributed by atoms with Gasteiger partial charge in [0.25, 0.3) is 0 Å². The van der Waals surface area contributed by atoms with Crippen molar-refractivity contribution in [2.45, 2.75) is 70.5 Å². The van der Waals surface area contributed by atoms with Crippen molar-refractivity contribution in [3.63, 3.8) is 0 Å². The SMILES string of the molecule is Cc1ccc2c(c1)c1c(n2CCNC(=O)C2CCCC2)CC2CCC1N2C. The number of nitrogens with zero attached hydrogens (tertiary/aromatic N) is 2. The molecule has 2 bridgehead atoms. The van der Waals surface area contributed by atoms with Crippen LogP contribution in [0.15, 0.2) is 18.2 Å². The quantitative estimate of drug-likeness (QED) is 0.891. The van der Waals surface area contributed by atoms with Gasteiger partial charge in [-0.2, -0.15) is 0 Å². The molecule has 3 heterocycles. The lowest BCUT2D eigenvalue weighted by Crippen LogP contribution is -2.35. The first kappa shape index (κ1) is 17.3. The van der Waals surface area contributed by atoms with E-state index >= 15 is 0 Å². The molecule has 2 aromatic rings. The van der Waals surface area contributed by atoms with Crippen molar-refractivity contribution in [3.05, 3.63) is 35.0 Å². The molecule has 4 heteroatoms. The maximum Gasteiger partial charge on any atom is 0.223 e. The van der Waals surface area contributed by atoms with Gasteiger partial charge in [-0.15, -0.1) is 0 Å². The Kier molecular flexibility index (Phi) is 4.27. The largest absolute Gasteiger partial charge is 0.354 e. The number of carbonyl (C=O) groups is 1. The van der Waals surface area contributed by atoms with Crippen molar-refractivity contribution in [2.75, 3.05) is 13.6 Å². The molecule has 1 N–H and O–H groups in total. The van der Waals surface area contributed by atoms with Gasteiger partial charge in [0.05, 0.1) is 0 Å². The Morgan fingerprint density at radius 2 is 2.00 bits per heavy atom. The average Bonchev–Trinajstić information content (AvgIpc) is 3.33. The summed E-state index contributed by atoms with van der Waals surface area (Å²) in [6.45, 7) is 3.82. The maximum atomic E-state index is 12.4. The number of carbonyl (C=O) groups excluding carboxylic acids is 1. The molecule has 1 amide bonds. The fraction of sp³-hybridized carbons (Fsp3) is 0.609. The van der Waals surface area contributed by atoms with E-state index in [0.29, 0.717) is 12.1 Å². The first-order valence-electron chi connectivity index (χ1n) is 10.7. The van der Waals surface area contributed by atoms with Crippen LogP contribution in [0.4, 0.5) is 0 Å². The van der Waals surface area contributed by atoms with Gasteiger partial charge in [0.1, 0.15) is 0 Å². The van der Waals surface area contributed by atoms with E-state index in [1.807, 2.05) is 0 Å². The molecule has 2 atom stereocenters. The Labute approximate surface area is 161 Å². The summed E-state index contributed by atoms with van der Waals surface area (Å²) in [5.41, 5.74) is 5.77. The van der Waals surface area contributed by atoms with Crippen LogP contribution in [0.1, 0.15) is 61.4 Å². The molecule has 1 saturated carbocycles. The molecular formula is C23H31N3O. The van der Waals surface area contributed by atoms with Gasteiger partial charge in [-0.1, -0.05) is 24.5 Å². The zero-order chi connectivity index (χ0) is 18.5. The highest BCUT2D eigenvalue weighted by molar-refractivity contribution is 5.87. The van der Waals surface area contributed by atoms with E-state index in [0.717, 1.165) is 32.4 Å². The molecule has 1 saturated heterocycles. The highest BCUT2D eigenvalue weighted by Gasteiger charge is 2.40. The van der Waals surface area contributed by atoms with Gasteiger partial charge in [0, 0.05) is 54.1 Å². The molecule has 0 spiro atoms. The Hall–Kier alpha value is -1.81. The lowest BCUT2D eigenvalue weighted by Gasteiger charge is -2.32. The summed E-state index contributed by atoms with van der Waals surface area (Å²) in [4.78, 5) is 15.0. The summed E-state index contributed by atoms with van der Waals surface area (Å²) in [6, 6.07) is 8.13. The van der Waals surface area contributed by atoms with Gasteiger partial charge < -0.3 is 9.88 Å². The number of aromatic nitrogens is 1. The third-order valence-corrected chi connectivity index (χ3v) is 7.33. The van der Waals surface area contributed by atoms with E-state index in [1.165, 1.54) is 47.8 Å². The summed E-state index contributed by atoms with van der Waals surface area (Å²) in [5, 5.41) is 4.66. The molecule has 2 unspecified atom stereocenters. The number of aryl methyl sites for hydroxylation is 1. The standard InChI is InChI=1S/C23H31N3O/c1-15-7-9-19-18(13-15)22-20-10-8-17(25(20)2)14-21(22)26(19)12-11-24-23(27)16-5-3-4-6-16/h7,9,13,16-17,20H,3-6,8,10-12,14H2,1-2H3,(H,24,27). The summed E-state index contributed by atoms with van der Waals surface area (Å²) in [5.74, 6) is 0.529. The zero-order valence-electron chi connectivity index (χ0n) is 16.6. The van der Waals surface area contributed by atoms with Crippen LogP contribution in [0.3, 0.4) is 0 Å². The number of amides is 1. The van der Waals surface area contributed by atoms with Gasteiger partial charge in [0.2, 0.25) is 5.91 Å². The molecule has 4 nitrogen and oxygen atoms in total. The lowest BCUT2D eigenvalue weighted by molar-refractivity contribution is -0.124. The first-order chi connectivity index (χ1) is 13.1. The van der Waals surface area contributed by atoms with Crippen LogP contribution in [-0.2, 0) is 17.8 Å². The van der Waals surface area contributed by atoms with E-state index in [1.54, 1.807) is 5.56 Å². The fourth-order valence-electron chi connectivity index (χ4n) is 5.85. The van der Waals surface area contributed by atoms with Crippen molar-refractivity contribution < 1.29 is 4.79 Å². The minimum Gasteiger partial charge on any atom is -0.354 e. The van der Waals surface area contributed by atoms with Crippen molar-refractivity contribution in [3.8, 4) is 0 Å². The molecule has 0 radical (unpaired) electrons. The minimum atomic E-state index is 0.257. The van der Waals surface area contributed by atoms with Crippen LogP contribution in [0.25, 0.3) is 10.9 Å². The molecule has 2 fully saturated rings. The minimum absolute atomic E-state index is 0.257. The molecule has 1 aliphatic carbocycles. The molecule has 3 aliphatic rings. The predicted octanol–water partition coefficient (Wildman–Crippen LogP) is 3.95. The number of benzene rings is 1. The van der Waals surface area contributed by atoms with Crippen molar-refractivity contribution in [2.24, 2.45) is 5.92 Å². The molecule has 1 aromatic heterocycles.